The fourth-order valence-electron chi connectivity index (χ4n) is 1.43. The van der Waals surface area contributed by atoms with Crippen molar-refractivity contribution in [3.63, 3.8) is 0 Å². The van der Waals surface area contributed by atoms with Crippen molar-refractivity contribution in [1.29, 1.82) is 0 Å². The Morgan fingerprint density at radius 3 is 2.53 bits per heavy atom. The van der Waals surface area contributed by atoms with Crippen LogP contribution in [0.3, 0.4) is 0 Å². The van der Waals surface area contributed by atoms with Gasteiger partial charge in [-0.15, -0.1) is 12.3 Å². The summed E-state index contributed by atoms with van der Waals surface area (Å²) in [5.41, 5.74) is 7.13. The zero-order valence-electron chi connectivity index (χ0n) is 8.31. The Morgan fingerprint density at radius 1 is 1.47 bits per heavy atom. The third-order valence-corrected chi connectivity index (χ3v) is 2.19. The second kappa shape index (κ2) is 5.06. The minimum absolute atomic E-state index is 0.0497. The first-order chi connectivity index (χ1) is 7.13. The average molecular weight is 203 g/mol. The molecule has 1 unspecified atom stereocenters. The Morgan fingerprint density at radius 2 is 2.07 bits per heavy atom. The van der Waals surface area contributed by atoms with E-state index < -0.39 is 5.97 Å². The minimum atomic E-state index is -0.841. The summed E-state index contributed by atoms with van der Waals surface area (Å²) in [6, 6.07) is 7.14. The zero-order chi connectivity index (χ0) is 11.3. The number of rotatable bonds is 4. The molecule has 1 atom stereocenters. The molecule has 3 heteroatoms. The number of terminal acetylenes is 1. The molecule has 0 heterocycles. The molecule has 3 nitrogen and oxygen atoms in total. The van der Waals surface area contributed by atoms with E-state index in [0.29, 0.717) is 12.1 Å². The number of carboxylic acids is 1. The maximum Gasteiger partial charge on any atom is 0.303 e. The van der Waals surface area contributed by atoms with Crippen LogP contribution in [0.1, 0.15) is 24.3 Å². The van der Waals surface area contributed by atoms with Gasteiger partial charge >= 0.3 is 5.97 Å². The highest BCUT2D eigenvalue weighted by Gasteiger charge is 2.14. The second-order valence-corrected chi connectivity index (χ2v) is 3.37. The Bertz CT molecular complexity index is 376. The predicted molar refractivity (Wildman–Crippen MR) is 59.3 cm³/mol. The van der Waals surface area contributed by atoms with E-state index in [1.54, 1.807) is 12.1 Å². The van der Waals surface area contributed by atoms with Crippen LogP contribution in [-0.4, -0.2) is 11.1 Å². The molecule has 0 aromatic heterocycles. The van der Waals surface area contributed by atoms with Crippen LogP contribution in [-0.2, 0) is 4.79 Å². The molecule has 0 bridgehead atoms. The highest BCUT2D eigenvalue weighted by Crippen LogP contribution is 2.23. The molecule has 3 N–H and O–H groups in total. The van der Waals surface area contributed by atoms with E-state index in [0.717, 1.165) is 5.56 Å². The SMILES string of the molecule is C#CCC(CC(=O)O)c1ccc(N)cc1. The average Bonchev–Trinajstić information content (AvgIpc) is 2.17. The van der Waals surface area contributed by atoms with Crippen LogP contribution in [0.2, 0.25) is 0 Å². The molecule has 0 saturated carbocycles. The summed E-state index contributed by atoms with van der Waals surface area (Å²) in [4.78, 5) is 10.6. The Labute approximate surface area is 88.9 Å². The molecule has 0 amide bonds. The van der Waals surface area contributed by atoms with Gasteiger partial charge in [-0.3, -0.25) is 4.79 Å². The van der Waals surface area contributed by atoms with Gasteiger partial charge in [-0.25, -0.2) is 0 Å². The summed E-state index contributed by atoms with van der Waals surface area (Å²) < 4.78 is 0. The van der Waals surface area contributed by atoms with Crippen LogP contribution < -0.4 is 5.73 Å². The maximum atomic E-state index is 10.6. The lowest BCUT2D eigenvalue weighted by Gasteiger charge is -2.12. The van der Waals surface area contributed by atoms with Crippen molar-refractivity contribution in [2.45, 2.75) is 18.8 Å². The normalized spacial score (nSPS) is 11.7. The summed E-state index contributed by atoms with van der Waals surface area (Å²) in [6.07, 6.45) is 5.68. The molecule has 1 rings (SSSR count). The topological polar surface area (TPSA) is 63.3 Å². The molecule has 0 fully saturated rings. The molecular formula is C12H13NO2. The number of carbonyl (C=O) groups is 1. The van der Waals surface area contributed by atoms with Gasteiger partial charge < -0.3 is 10.8 Å². The van der Waals surface area contributed by atoms with Crippen molar-refractivity contribution < 1.29 is 9.90 Å². The summed E-state index contributed by atoms with van der Waals surface area (Å²) >= 11 is 0. The standard InChI is InChI=1S/C12H13NO2/c1-2-3-10(8-12(14)15)9-4-6-11(13)7-5-9/h1,4-7,10H,3,8,13H2,(H,14,15). The molecule has 0 saturated heterocycles. The smallest absolute Gasteiger partial charge is 0.303 e. The van der Waals surface area contributed by atoms with Crippen molar-refractivity contribution in [3.8, 4) is 12.3 Å². The lowest BCUT2D eigenvalue weighted by Crippen LogP contribution is -2.05. The van der Waals surface area contributed by atoms with Gasteiger partial charge in [0, 0.05) is 18.0 Å². The third kappa shape index (κ3) is 3.35. The van der Waals surface area contributed by atoms with Crippen LogP contribution in [0.15, 0.2) is 24.3 Å². The number of hydrogen-bond donors (Lipinski definition) is 2. The first-order valence-electron chi connectivity index (χ1n) is 4.64. The first kappa shape index (κ1) is 11.1. The van der Waals surface area contributed by atoms with E-state index in [9.17, 15) is 4.79 Å². The molecule has 1 aromatic carbocycles. The molecule has 0 aliphatic carbocycles. The van der Waals surface area contributed by atoms with Crippen molar-refractivity contribution in [2.75, 3.05) is 5.73 Å². The second-order valence-electron chi connectivity index (χ2n) is 3.37. The molecular weight excluding hydrogens is 190 g/mol. The number of nitrogens with two attached hydrogens (primary N) is 1. The summed E-state index contributed by atoms with van der Waals surface area (Å²) in [7, 11) is 0. The molecule has 0 aliphatic heterocycles. The molecule has 1 aromatic rings. The molecule has 0 aliphatic rings. The number of anilines is 1. The number of benzene rings is 1. The fourth-order valence-corrected chi connectivity index (χ4v) is 1.43. The molecule has 78 valence electrons. The van der Waals surface area contributed by atoms with Crippen LogP contribution in [0.25, 0.3) is 0 Å². The van der Waals surface area contributed by atoms with E-state index in [1.165, 1.54) is 0 Å². The molecule has 0 radical (unpaired) electrons. The number of aliphatic carboxylic acids is 1. The van der Waals surface area contributed by atoms with E-state index in [1.807, 2.05) is 12.1 Å². The van der Waals surface area contributed by atoms with Crippen molar-refractivity contribution in [1.82, 2.24) is 0 Å². The van der Waals surface area contributed by atoms with Gasteiger partial charge in [0.25, 0.3) is 0 Å². The highest BCUT2D eigenvalue weighted by atomic mass is 16.4. The lowest BCUT2D eigenvalue weighted by atomic mass is 9.93. The minimum Gasteiger partial charge on any atom is -0.481 e. The van der Waals surface area contributed by atoms with Crippen molar-refractivity contribution in [3.05, 3.63) is 29.8 Å². The summed E-state index contributed by atoms with van der Waals surface area (Å²) in [6.45, 7) is 0. The highest BCUT2D eigenvalue weighted by molar-refractivity contribution is 5.68. The monoisotopic (exact) mass is 203 g/mol. The van der Waals surface area contributed by atoms with Crippen molar-refractivity contribution >= 4 is 11.7 Å². The van der Waals surface area contributed by atoms with Gasteiger partial charge in [0.1, 0.15) is 0 Å². The first-order valence-corrected chi connectivity index (χ1v) is 4.64. The third-order valence-electron chi connectivity index (χ3n) is 2.19. The van der Waals surface area contributed by atoms with E-state index in [-0.39, 0.29) is 12.3 Å². The van der Waals surface area contributed by atoms with E-state index >= 15 is 0 Å². The fraction of sp³-hybridized carbons (Fsp3) is 0.250. The number of hydrogen-bond acceptors (Lipinski definition) is 2. The number of carboxylic acid groups (broad SMARTS) is 1. The van der Waals surface area contributed by atoms with Gasteiger partial charge in [0.2, 0.25) is 0 Å². The quantitative estimate of drug-likeness (QED) is 0.579. The summed E-state index contributed by atoms with van der Waals surface area (Å²) in [5, 5.41) is 8.73. The van der Waals surface area contributed by atoms with Crippen LogP contribution in [0, 0.1) is 12.3 Å². The van der Waals surface area contributed by atoms with Gasteiger partial charge in [0.15, 0.2) is 0 Å². The molecule has 15 heavy (non-hydrogen) atoms. The van der Waals surface area contributed by atoms with Gasteiger partial charge in [-0.2, -0.15) is 0 Å². The molecule has 0 spiro atoms. The summed E-state index contributed by atoms with van der Waals surface area (Å²) in [5.74, 6) is 1.52. The predicted octanol–water partition coefficient (Wildman–Crippen LogP) is 1.85. The Kier molecular flexibility index (Phi) is 3.75. The van der Waals surface area contributed by atoms with Crippen LogP contribution in [0.4, 0.5) is 5.69 Å². The van der Waals surface area contributed by atoms with E-state index in [2.05, 4.69) is 5.92 Å². The van der Waals surface area contributed by atoms with Crippen LogP contribution in [0.5, 0.6) is 0 Å². The van der Waals surface area contributed by atoms with Gasteiger partial charge in [0.05, 0.1) is 6.42 Å². The van der Waals surface area contributed by atoms with Crippen molar-refractivity contribution in [2.24, 2.45) is 0 Å². The largest absolute Gasteiger partial charge is 0.481 e. The lowest BCUT2D eigenvalue weighted by molar-refractivity contribution is -0.137. The van der Waals surface area contributed by atoms with E-state index in [4.69, 9.17) is 17.3 Å². The Balaban J connectivity index is 2.84. The van der Waals surface area contributed by atoms with Crippen LogP contribution >= 0.6 is 0 Å². The van der Waals surface area contributed by atoms with Gasteiger partial charge in [-0.1, -0.05) is 12.1 Å². The van der Waals surface area contributed by atoms with Gasteiger partial charge in [-0.05, 0) is 17.7 Å². The zero-order valence-corrected chi connectivity index (χ0v) is 8.31. The number of nitrogen functional groups attached to an aromatic ring is 1. The Hall–Kier alpha value is -1.95. The maximum absolute atomic E-state index is 10.6.